The molecule has 1 saturated heterocycles. The first-order valence-electron chi connectivity index (χ1n) is 7.21. The molecule has 1 aliphatic rings. The number of amides is 2. The summed E-state index contributed by atoms with van der Waals surface area (Å²) < 4.78 is 18.2. The Morgan fingerprint density at radius 3 is 2.54 bits per heavy atom. The van der Waals surface area contributed by atoms with Gasteiger partial charge in [-0.2, -0.15) is 0 Å². The van der Waals surface area contributed by atoms with Crippen LogP contribution in [0.4, 0.5) is 9.18 Å². The Morgan fingerprint density at radius 2 is 1.83 bits per heavy atom. The Balaban J connectivity index is 1.83. The van der Waals surface area contributed by atoms with Crippen molar-refractivity contribution in [3.8, 4) is 5.75 Å². The molecule has 0 spiro atoms. The molecule has 6 heteroatoms. The number of para-hydroxylation sites is 1. The molecule has 24 heavy (non-hydrogen) atoms. The van der Waals surface area contributed by atoms with Crippen LogP contribution in [-0.2, 0) is 11.3 Å². The number of methoxy groups -OCH3 is 1. The fourth-order valence-electron chi connectivity index (χ4n) is 2.34. The smallest absolute Gasteiger partial charge is 0.293 e. The van der Waals surface area contributed by atoms with E-state index in [-0.39, 0.29) is 23.5 Å². The third-order valence-corrected chi connectivity index (χ3v) is 4.46. The van der Waals surface area contributed by atoms with Gasteiger partial charge in [-0.1, -0.05) is 30.3 Å². The van der Waals surface area contributed by atoms with Gasteiger partial charge in [0.05, 0.1) is 18.6 Å². The van der Waals surface area contributed by atoms with Gasteiger partial charge in [0.25, 0.3) is 11.1 Å². The van der Waals surface area contributed by atoms with Crippen LogP contribution in [0.3, 0.4) is 0 Å². The number of halogens is 1. The molecule has 1 fully saturated rings. The van der Waals surface area contributed by atoms with E-state index in [0.29, 0.717) is 16.2 Å². The molecule has 0 atom stereocenters. The highest BCUT2D eigenvalue weighted by atomic mass is 32.2. The number of hydrogen-bond acceptors (Lipinski definition) is 4. The first-order valence-corrected chi connectivity index (χ1v) is 8.03. The normalized spacial score (nSPS) is 16.1. The number of benzene rings is 2. The van der Waals surface area contributed by atoms with Crippen LogP contribution >= 0.6 is 11.8 Å². The fraction of sp³-hybridized carbons (Fsp3) is 0.111. The molecule has 0 saturated carbocycles. The van der Waals surface area contributed by atoms with Crippen molar-refractivity contribution in [2.75, 3.05) is 7.11 Å². The van der Waals surface area contributed by atoms with E-state index < -0.39 is 0 Å². The largest absolute Gasteiger partial charge is 0.496 e. The maximum absolute atomic E-state index is 13.0. The standard InChI is InChI=1S/C18H14FNO3S/c1-23-15-5-3-2-4-13(15)10-16-17(21)20(18(22)24-16)11-12-6-8-14(19)9-7-12/h2-10H,11H2,1H3/b16-10-. The predicted octanol–water partition coefficient (Wildman–Crippen LogP) is 4.07. The van der Waals surface area contributed by atoms with Crippen LogP contribution in [0.25, 0.3) is 6.08 Å². The highest BCUT2D eigenvalue weighted by Gasteiger charge is 2.35. The molecular formula is C18H14FNO3S. The monoisotopic (exact) mass is 343 g/mol. The number of rotatable bonds is 4. The van der Waals surface area contributed by atoms with Gasteiger partial charge in [0.2, 0.25) is 0 Å². The van der Waals surface area contributed by atoms with Gasteiger partial charge in [0, 0.05) is 5.56 Å². The Bertz CT molecular complexity index is 817. The lowest BCUT2D eigenvalue weighted by atomic mass is 10.1. The van der Waals surface area contributed by atoms with E-state index in [1.54, 1.807) is 31.4 Å². The Kier molecular flexibility index (Phi) is 4.66. The first-order chi connectivity index (χ1) is 11.6. The van der Waals surface area contributed by atoms with Crippen LogP contribution in [0.15, 0.2) is 53.4 Å². The van der Waals surface area contributed by atoms with Gasteiger partial charge in [-0.05, 0) is 41.6 Å². The average molecular weight is 343 g/mol. The summed E-state index contributed by atoms with van der Waals surface area (Å²) in [5.41, 5.74) is 1.42. The molecule has 0 radical (unpaired) electrons. The second-order valence-electron chi connectivity index (χ2n) is 5.14. The summed E-state index contributed by atoms with van der Waals surface area (Å²) in [5, 5.41) is -0.342. The second-order valence-corrected chi connectivity index (χ2v) is 6.13. The van der Waals surface area contributed by atoms with Crippen molar-refractivity contribution in [1.82, 2.24) is 4.90 Å². The summed E-state index contributed by atoms with van der Waals surface area (Å²) >= 11 is 0.887. The number of nitrogens with zero attached hydrogens (tertiary/aromatic N) is 1. The lowest BCUT2D eigenvalue weighted by Gasteiger charge is -2.12. The van der Waals surface area contributed by atoms with Crippen LogP contribution in [-0.4, -0.2) is 23.2 Å². The summed E-state index contributed by atoms with van der Waals surface area (Å²) in [6.45, 7) is 0.119. The van der Waals surface area contributed by atoms with Crippen LogP contribution < -0.4 is 4.74 Å². The summed E-state index contributed by atoms with van der Waals surface area (Å²) in [4.78, 5) is 26.1. The van der Waals surface area contributed by atoms with Gasteiger partial charge in [-0.15, -0.1) is 0 Å². The molecule has 122 valence electrons. The Morgan fingerprint density at radius 1 is 1.12 bits per heavy atom. The van der Waals surface area contributed by atoms with E-state index in [1.165, 1.54) is 12.1 Å². The van der Waals surface area contributed by atoms with E-state index in [0.717, 1.165) is 22.2 Å². The quantitative estimate of drug-likeness (QED) is 0.785. The minimum Gasteiger partial charge on any atom is -0.496 e. The highest BCUT2D eigenvalue weighted by Crippen LogP contribution is 2.34. The Labute approximate surface area is 142 Å². The van der Waals surface area contributed by atoms with Crippen molar-refractivity contribution < 1.29 is 18.7 Å². The minimum atomic E-state index is -0.361. The maximum atomic E-state index is 13.0. The van der Waals surface area contributed by atoms with Gasteiger partial charge >= 0.3 is 0 Å². The van der Waals surface area contributed by atoms with E-state index in [4.69, 9.17) is 4.74 Å². The summed E-state index contributed by atoms with van der Waals surface area (Å²) in [5.74, 6) is -0.0907. The third-order valence-electron chi connectivity index (χ3n) is 3.55. The van der Waals surface area contributed by atoms with Gasteiger partial charge in [-0.3, -0.25) is 14.5 Å². The number of ether oxygens (including phenoxy) is 1. The zero-order valence-corrected chi connectivity index (χ0v) is 13.7. The fourth-order valence-corrected chi connectivity index (χ4v) is 3.16. The predicted molar refractivity (Wildman–Crippen MR) is 90.9 cm³/mol. The topological polar surface area (TPSA) is 46.6 Å². The molecule has 1 aliphatic heterocycles. The van der Waals surface area contributed by atoms with E-state index in [9.17, 15) is 14.0 Å². The van der Waals surface area contributed by atoms with Crippen LogP contribution in [0.2, 0.25) is 0 Å². The molecule has 4 nitrogen and oxygen atoms in total. The number of carbonyl (C=O) groups excluding carboxylic acids is 2. The molecule has 0 N–H and O–H groups in total. The molecule has 0 unspecified atom stereocenters. The summed E-state index contributed by atoms with van der Waals surface area (Å²) in [7, 11) is 1.55. The van der Waals surface area contributed by atoms with Gasteiger partial charge in [-0.25, -0.2) is 4.39 Å². The second kappa shape index (κ2) is 6.88. The van der Waals surface area contributed by atoms with E-state index >= 15 is 0 Å². The number of imide groups is 1. The minimum absolute atomic E-state index is 0.119. The van der Waals surface area contributed by atoms with Crippen LogP contribution in [0.1, 0.15) is 11.1 Å². The van der Waals surface area contributed by atoms with Crippen molar-refractivity contribution in [2.24, 2.45) is 0 Å². The third kappa shape index (κ3) is 3.33. The average Bonchev–Trinajstić information content (AvgIpc) is 2.85. The van der Waals surface area contributed by atoms with Crippen LogP contribution in [0.5, 0.6) is 5.75 Å². The maximum Gasteiger partial charge on any atom is 0.293 e. The first kappa shape index (κ1) is 16.3. The van der Waals surface area contributed by atoms with Gasteiger partial charge < -0.3 is 4.74 Å². The van der Waals surface area contributed by atoms with Crippen molar-refractivity contribution in [1.29, 1.82) is 0 Å². The molecule has 2 aromatic rings. The van der Waals surface area contributed by atoms with Crippen molar-refractivity contribution >= 4 is 29.0 Å². The number of thioether (sulfide) groups is 1. The Hall–Kier alpha value is -2.60. The molecule has 0 bridgehead atoms. The molecular weight excluding hydrogens is 329 g/mol. The van der Waals surface area contributed by atoms with Crippen LogP contribution in [0, 0.1) is 5.82 Å². The lowest BCUT2D eigenvalue weighted by molar-refractivity contribution is -0.123. The molecule has 2 aromatic carbocycles. The molecule has 0 aromatic heterocycles. The van der Waals surface area contributed by atoms with E-state index in [1.807, 2.05) is 18.2 Å². The highest BCUT2D eigenvalue weighted by molar-refractivity contribution is 8.18. The summed E-state index contributed by atoms with van der Waals surface area (Å²) in [6, 6.07) is 13.0. The van der Waals surface area contributed by atoms with Gasteiger partial charge in [0.1, 0.15) is 11.6 Å². The zero-order valence-electron chi connectivity index (χ0n) is 12.9. The van der Waals surface area contributed by atoms with Crippen molar-refractivity contribution in [3.63, 3.8) is 0 Å². The molecule has 2 amide bonds. The molecule has 1 heterocycles. The number of hydrogen-bond donors (Lipinski definition) is 0. The van der Waals surface area contributed by atoms with Crippen molar-refractivity contribution in [2.45, 2.75) is 6.54 Å². The SMILES string of the molecule is COc1ccccc1/C=C1\SC(=O)N(Cc2ccc(F)cc2)C1=O. The molecule has 0 aliphatic carbocycles. The summed E-state index contributed by atoms with van der Waals surface area (Å²) in [6.07, 6.45) is 1.65. The number of carbonyl (C=O) groups is 2. The lowest BCUT2D eigenvalue weighted by Crippen LogP contribution is -2.27. The molecule has 3 rings (SSSR count). The van der Waals surface area contributed by atoms with Gasteiger partial charge in [0.15, 0.2) is 0 Å². The van der Waals surface area contributed by atoms with E-state index in [2.05, 4.69) is 0 Å². The van der Waals surface area contributed by atoms with Crippen molar-refractivity contribution in [3.05, 3.63) is 70.4 Å². The zero-order chi connectivity index (χ0) is 17.1.